The van der Waals surface area contributed by atoms with Crippen molar-refractivity contribution in [1.29, 1.82) is 0 Å². The van der Waals surface area contributed by atoms with Crippen LogP contribution in [-0.4, -0.2) is 55.8 Å². The average Bonchev–Trinajstić information content (AvgIpc) is 3.17. The number of fused-ring (bicyclic) bond motifs is 1. The zero-order valence-corrected chi connectivity index (χ0v) is 14.0. The first-order chi connectivity index (χ1) is 11.0. The first-order valence-electron chi connectivity index (χ1n) is 7.78. The maximum absolute atomic E-state index is 12.7. The van der Waals surface area contributed by atoms with E-state index in [0.29, 0.717) is 19.5 Å². The van der Waals surface area contributed by atoms with Gasteiger partial charge in [0.05, 0.1) is 5.69 Å². The van der Waals surface area contributed by atoms with Crippen LogP contribution in [0.2, 0.25) is 0 Å². The molecular formula is C15H19N5O2S. The molecule has 3 amide bonds. The van der Waals surface area contributed by atoms with Crippen LogP contribution in [0.1, 0.15) is 26.0 Å². The lowest BCUT2D eigenvalue weighted by molar-refractivity contribution is -0.132. The number of hydrogen-bond donors (Lipinski definition) is 1. The van der Waals surface area contributed by atoms with Gasteiger partial charge in [-0.15, -0.1) is 11.3 Å². The number of likely N-dealkylation sites (tertiary alicyclic amines) is 1. The molecule has 2 saturated heterocycles. The summed E-state index contributed by atoms with van der Waals surface area (Å²) in [6.07, 6.45) is 4.67. The minimum Gasteiger partial charge on any atom is -0.322 e. The number of carbonyl (C=O) groups excluding carboxylic acids is 2. The number of imidazole rings is 1. The van der Waals surface area contributed by atoms with Gasteiger partial charge in [-0.2, -0.15) is 0 Å². The molecule has 1 spiro atoms. The van der Waals surface area contributed by atoms with Crippen LogP contribution >= 0.6 is 11.3 Å². The van der Waals surface area contributed by atoms with Gasteiger partial charge in [0, 0.05) is 43.4 Å². The molecule has 2 aromatic rings. The Labute approximate surface area is 137 Å². The highest BCUT2D eigenvalue weighted by atomic mass is 32.1. The van der Waals surface area contributed by atoms with E-state index in [9.17, 15) is 9.59 Å². The first kappa shape index (κ1) is 14.6. The first-order valence-corrected chi connectivity index (χ1v) is 8.66. The van der Waals surface area contributed by atoms with Crippen LogP contribution in [0.15, 0.2) is 17.8 Å². The van der Waals surface area contributed by atoms with Crippen molar-refractivity contribution in [3.8, 4) is 0 Å². The largest absolute Gasteiger partial charge is 0.325 e. The minimum absolute atomic E-state index is 0.0918. The monoisotopic (exact) mass is 333 g/mol. The standard InChI is InChI=1S/C15H19N5O2S/c1-10(2)20-12(21)15(17-13(20)22)3-4-18(9-15)7-11-8-19-5-6-23-14(19)16-11/h5-6,8,10H,3-4,7,9H2,1-2H3,(H,17,22)/t15-/m0/s1. The van der Waals surface area contributed by atoms with Gasteiger partial charge < -0.3 is 5.32 Å². The van der Waals surface area contributed by atoms with Crippen molar-refractivity contribution >= 4 is 28.2 Å². The Morgan fingerprint density at radius 1 is 1.43 bits per heavy atom. The number of urea groups is 1. The molecule has 23 heavy (non-hydrogen) atoms. The van der Waals surface area contributed by atoms with Crippen molar-refractivity contribution in [2.75, 3.05) is 13.1 Å². The van der Waals surface area contributed by atoms with Crippen molar-refractivity contribution in [3.63, 3.8) is 0 Å². The van der Waals surface area contributed by atoms with E-state index in [0.717, 1.165) is 17.2 Å². The number of amides is 3. The van der Waals surface area contributed by atoms with Crippen molar-refractivity contribution in [3.05, 3.63) is 23.5 Å². The molecule has 4 heterocycles. The number of nitrogens with zero attached hydrogens (tertiary/aromatic N) is 4. The molecule has 0 aromatic carbocycles. The Balaban J connectivity index is 1.49. The number of hydrogen-bond acceptors (Lipinski definition) is 5. The molecule has 1 N–H and O–H groups in total. The third-order valence-electron chi connectivity index (χ3n) is 4.59. The normalized spacial score (nSPS) is 25.4. The summed E-state index contributed by atoms with van der Waals surface area (Å²) in [4.78, 5) is 33.9. The van der Waals surface area contributed by atoms with Crippen molar-refractivity contribution in [2.24, 2.45) is 0 Å². The van der Waals surface area contributed by atoms with Gasteiger partial charge in [0.2, 0.25) is 0 Å². The molecule has 0 unspecified atom stereocenters. The SMILES string of the molecule is CC(C)N1C(=O)N[C@]2(CCN(Cc3cn4ccsc4n3)C2)C1=O. The highest BCUT2D eigenvalue weighted by Gasteiger charge is 2.55. The summed E-state index contributed by atoms with van der Waals surface area (Å²) in [7, 11) is 0. The molecule has 0 radical (unpaired) electrons. The molecule has 122 valence electrons. The van der Waals surface area contributed by atoms with Crippen LogP contribution in [0.3, 0.4) is 0 Å². The van der Waals surface area contributed by atoms with Crippen LogP contribution in [0.5, 0.6) is 0 Å². The van der Waals surface area contributed by atoms with Gasteiger partial charge in [0.1, 0.15) is 5.54 Å². The van der Waals surface area contributed by atoms with E-state index in [1.807, 2.05) is 36.0 Å². The highest BCUT2D eigenvalue weighted by molar-refractivity contribution is 7.15. The second-order valence-electron chi connectivity index (χ2n) is 6.57. The number of aromatic nitrogens is 2. The zero-order valence-electron chi connectivity index (χ0n) is 13.2. The van der Waals surface area contributed by atoms with Crippen LogP contribution in [0.25, 0.3) is 4.96 Å². The lowest BCUT2D eigenvalue weighted by Gasteiger charge is -2.23. The van der Waals surface area contributed by atoms with Gasteiger partial charge in [-0.05, 0) is 20.3 Å². The van der Waals surface area contributed by atoms with E-state index in [1.165, 1.54) is 4.90 Å². The molecule has 7 nitrogen and oxygen atoms in total. The molecule has 2 aromatic heterocycles. The Kier molecular flexibility index (Phi) is 3.21. The van der Waals surface area contributed by atoms with Crippen molar-refractivity contribution < 1.29 is 9.59 Å². The zero-order chi connectivity index (χ0) is 16.2. The second-order valence-corrected chi connectivity index (χ2v) is 7.44. The number of imide groups is 1. The van der Waals surface area contributed by atoms with Crippen molar-refractivity contribution in [1.82, 2.24) is 24.5 Å². The van der Waals surface area contributed by atoms with Crippen molar-refractivity contribution in [2.45, 2.75) is 38.4 Å². The Morgan fingerprint density at radius 3 is 2.96 bits per heavy atom. The molecular weight excluding hydrogens is 314 g/mol. The topological polar surface area (TPSA) is 70.0 Å². The summed E-state index contributed by atoms with van der Waals surface area (Å²) < 4.78 is 2.01. The fourth-order valence-electron chi connectivity index (χ4n) is 3.49. The fourth-order valence-corrected chi connectivity index (χ4v) is 4.21. The molecule has 0 bridgehead atoms. The maximum atomic E-state index is 12.7. The average molecular weight is 333 g/mol. The van der Waals surface area contributed by atoms with Gasteiger partial charge in [-0.1, -0.05) is 0 Å². The molecule has 4 rings (SSSR count). The van der Waals surface area contributed by atoms with Gasteiger partial charge in [-0.25, -0.2) is 9.78 Å². The summed E-state index contributed by atoms with van der Waals surface area (Å²) in [6, 6.07) is -0.384. The summed E-state index contributed by atoms with van der Waals surface area (Å²) in [5.41, 5.74) is 0.241. The molecule has 2 aliphatic heterocycles. The van der Waals surface area contributed by atoms with Crippen LogP contribution in [0.4, 0.5) is 4.79 Å². The van der Waals surface area contributed by atoms with Gasteiger partial charge >= 0.3 is 6.03 Å². The molecule has 2 fully saturated rings. The lowest BCUT2D eigenvalue weighted by Crippen LogP contribution is -2.49. The van der Waals surface area contributed by atoms with E-state index in [4.69, 9.17) is 0 Å². The predicted octanol–water partition coefficient (Wildman–Crippen LogP) is 1.30. The van der Waals surface area contributed by atoms with E-state index >= 15 is 0 Å². The summed E-state index contributed by atoms with van der Waals surface area (Å²) in [5, 5.41) is 4.92. The Morgan fingerprint density at radius 2 is 2.26 bits per heavy atom. The third kappa shape index (κ3) is 2.24. The highest BCUT2D eigenvalue weighted by Crippen LogP contribution is 2.30. The summed E-state index contributed by atoms with van der Waals surface area (Å²) >= 11 is 1.60. The van der Waals surface area contributed by atoms with Crippen LogP contribution in [0, 0.1) is 0 Å². The van der Waals surface area contributed by atoms with Crippen LogP contribution < -0.4 is 5.32 Å². The number of nitrogens with one attached hydrogen (secondary N) is 1. The Hall–Kier alpha value is -1.93. The van der Waals surface area contributed by atoms with E-state index in [1.54, 1.807) is 11.3 Å². The summed E-state index contributed by atoms with van der Waals surface area (Å²) in [5.74, 6) is -0.0918. The molecule has 1 atom stereocenters. The van der Waals surface area contributed by atoms with Gasteiger partial charge in [0.15, 0.2) is 4.96 Å². The third-order valence-corrected chi connectivity index (χ3v) is 5.36. The molecule has 2 aliphatic rings. The van der Waals surface area contributed by atoms with Crippen LogP contribution in [-0.2, 0) is 11.3 Å². The second kappa shape index (κ2) is 5.04. The fraction of sp³-hybridized carbons (Fsp3) is 0.533. The molecule has 0 aliphatic carbocycles. The van der Waals surface area contributed by atoms with Gasteiger partial charge in [0.25, 0.3) is 5.91 Å². The lowest BCUT2D eigenvalue weighted by atomic mass is 9.98. The molecule has 8 heteroatoms. The van der Waals surface area contributed by atoms with Gasteiger partial charge in [-0.3, -0.25) is 19.0 Å². The number of carbonyl (C=O) groups is 2. The maximum Gasteiger partial charge on any atom is 0.325 e. The number of thiazole rings is 1. The predicted molar refractivity (Wildman–Crippen MR) is 86.2 cm³/mol. The van der Waals surface area contributed by atoms with E-state index in [2.05, 4.69) is 15.2 Å². The summed E-state index contributed by atoms with van der Waals surface area (Å²) in [6.45, 7) is 5.75. The van der Waals surface area contributed by atoms with E-state index in [-0.39, 0.29) is 18.0 Å². The minimum atomic E-state index is -0.752. The molecule has 0 saturated carbocycles. The Bertz CT molecular complexity index is 753. The number of rotatable bonds is 3. The quantitative estimate of drug-likeness (QED) is 0.860. The smallest absolute Gasteiger partial charge is 0.322 e. The van der Waals surface area contributed by atoms with E-state index < -0.39 is 5.54 Å².